The van der Waals surface area contributed by atoms with Gasteiger partial charge in [0.2, 0.25) is 0 Å². The number of hydrogen-bond acceptors (Lipinski definition) is 2. The first-order valence-corrected chi connectivity index (χ1v) is 6.55. The van der Waals surface area contributed by atoms with Crippen molar-refractivity contribution in [1.29, 1.82) is 0 Å². The van der Waals surface area contributed by atoms with E-state index in [2.05, 4.69) is 16.7 Å². The first-order valence-electron chi connectivity index (χ1n) is 5.79. The molecule has 2 N–H and O–H groups in total. The molecule has 104 valence electrons. The molecular formula is C13H15Cl3N2O. The van der Waals surface area contributed by atoms with Crippen LogP contribution in [-0.2, 0) is 0 Å². The molecule has 0 aliphatic carbocycles. The number of nitrogens with one attached hydrogen (secondary N) is 2. The Morgan fingerprint density at radius 3 is 2.84 bits per heavy atom. The van der Waals surface area contributed by atoms with E-state index < -0.39 is 0 Å². The standard InChI is InChI=1S/C13H14Cl2N2O.ClH/c14-11-3-1-2-10(12(11)15)13(18)17-8-9-4-6-16-7-5-9;/h1-4,16H,5-8H2,(H,17,18);1H. The maximum absolute atomic E-state index is 12.0. The zero-order chi connectivity index (χ0) is 13.0. The number of rotatable bonds is 3. The number of amides is 1. The van der Waals surface area contributed by atoms with Crippen LogP contribution in [0.1, 0.15) is 16.8 Å². The zero-order valence-corrected chi connectivity index (χ0v) is 12.5. The number of carbonyl (C=O) groups is 1. The van der Waals surface area contributed by atoms with Crippen molar-refractivity contribution in [2.75, 3.05) is 19.6 Å². The minimum Gasteiger partial charge on any atom is -0.348 e. The summed E-state index contributed by atoms with van der Waals surface area (Å²) in [5.41, 5.74) is 1.65. The summed E-state index contributed by atoms with van der Waals surface area (Å²) in [5, 5.41) is 6.78. The van der Waals surface area contributed by atoms with Crippen molar-refractivity contribution < 1.29 is 4.79 Å². The molecule has 0 unspecified atom stereocenters. The minimum atomic E-state index is -0.193. The van der Waals surface area contributed by atoms with Gasteiger partial charge in [0.25, 0.3) is 5.91 Å². The van der Waals surface area contributed by atoms with Crippen LogP contribution in [0.25, 0.3) is 0 Å². The zero-order valence-electron chi connectivity index (χ0n) is 10.2. The molecule has 19 heavy (non-hydrogen) atoms. The van der Waals surface area contributed by atoms with Crippen LogP contribution in [-0.4, -0.2) is 25.5 Å². The van der Waals surface area contributed by atoms with Gasteiger partial charge in [-0.2, -0.15) is 0 Å². The minimum absolute atomic E-state index is 0. The lowest BCUT2D eigenvalue weighted by molar-refractivity contribution is 0.0957. The summed E-state index contributed by atoms with van der Waals surface area (Å²) in [6.07, 6.45) is 3.06. The summed E-state index contributed by atoms with van der Waals surface area (Å²) in [7, 11) is 0. The number of benzene rings is 1. The van der Waals surface area contributed by atoms with Gasteiger partial charge in [0.1, 0.15) is 0 Å². The van der Waals surface area contributed by atoms with E-state index in [1.54, 1.807) is 18.2 Å². The highest BCUT2D eigenvalue weighted by Crippen LogP contribution is 2.25. The van der Waals surface area contributed by atoms with Crippen LogP contribution in [0.5, 0.6) is 0 Å². The third kappa shape index (κ3) is 4.39. The van der Waals surface area contributed by atoms with Gasteiger partial charge in [-0.25, -0.2) is 0 Å². The molecule has 0 radical (unpaired) electrons. The molecular weight excluding hydrogens is 307 g/mol. The Labute approximate surface area is 128 Å². The van der Waals surface area contributed by atoms with E-state index in [4.69, 9.17) is 23.2 Å². The van der Waals surface area contributed by atoms with Crippen LogP contribution in [0.15, 0.2) is 29.8 Å². The molecule has 1 aromatic rings. The van der Waals surface area contributed by atoms with Gasteiger partial charge in [0.15, 0.2) is 0 Å². The van der Waals surface area contributed by atoms with E-state index in [9.17, 15) is 4.79 Å². The lowest BCUT2D eigenvalue weighted by Gasteiger charge is -2.15. The summed E-state index contributed by atoms with van der Waals surface area (Å²) in [4.78, 5) is 12.0. The molecule has 0 saturated heterocycles. The Balaban J connectivity index is 0.00000180. The van der Waals surface area contributed by atoms with Gasteiger partial charge in [0, 0.05) is 13.1 Å². The molecule has 6 heteroatoms. The molecule has 1 heterocycles. The molecule has 0 spiro atoms. The van der Waals surface area contributed by atoms with Crippen molar-refractivity contribution in [3.63, 3.8) is 0 Å². The van der Waals surface area contributed by atoms with Crippen molar-refractivity contribution in [1.82, 2.24) is 10.6 Å². The van der Waals surface area contributed by atoms with Crippen LogP contribution >= 0.6 is 35.6 Å². The largest absolute Gasteiger partial charge is 0.348 e. The third-order valence-corrected chi connectivity index (χ3v) is 3.65. The van der Waals surface area contributed by atoms with Gasteiger partial charge < -0.3 is 10.6 Å². The van der Waals surface area contributed by atoms with Crippen LogP contribution in [0.3, 0.4) is 0 Å². The van der Waals surface area contributed by atoms with Gasteiger partial charge in [0.05, 0.1) is 15.6 Å². The molecule has 0 aromatic heterocycles. The molecule has 1 aliphatic rings. The Kier molecular flexibility index (Phi) is 6.66. The second kappa shape index (κ2) is 7.75. The van der Waals surface area contributed by atoms with Crippen LogP contribution < -0.4 is 10.6 Å². The van der Waals surface area contributed by atoms with Crippen molar-refractivity contribution in [2.24, 2.45) is 0 Å². The monoisotopic (exact) mass is 320 g/mol. The first-order chi connectivity index (χ1) is 8.68. The number of halogens is 3. The van der Waals surface area contributed by atoms with Crippen molar-refractivity contribution in [3.05, 3.63) is 45.5 Å². The van der Waals surface area contributed by atoms with Crippen molar-refractivity contribution >= 4 is 41.5 Å². The van der Waals surface area contributed by atoms with E-state index in [1.807, 2.05) is 0 Å². The Morgan fingerprint density at radius 2 is 2.16 bits per heavy atom. The summed E-state index contributed by atoms with van der Waals surface area (Å²) in [6, 6.07) is 5.04. The average Bonchev–Trinajstić information content (AvgIpc) is 2.40. The SMILES string of the molecule is Cl.O=C(NCC1=CCNCC1)c1cccc(Cl)c1Cl. The van der Waals surface area contributed by atoms with E-state index in [-0.39, 0.29) is 18.3 Å². The van der Waals surface area contributed by atoms with E-state index in [0.717, 1.165) is 19.5 Å². The van der Waals surface area contributed by atoms with Gasteiger partial charge in [-0.05, 0) is 25.1 Å². The van der Waals surface area contributed by atoms with Crippen LogP contribution in [0, 0.1) is 0 Å². The molecule has 0 atom stereocenters. The van der Waals surface area contributed by atoms with Crippen molar-refractivity contribution in [3.8, 4) is 0 Å². The number of carbonyl (C=O) groups excluding carboxylic acids is 1. The highest BCUT2D eigenvalue weighted by molar-refractivity contribution is 6.43. The average molecular weight is 322 g/mol. The molecule has 0 fully saturated rings. The molecule has 1 amide bonds. The molecule has 1 aliphatic heterocycles. The predicted molar refractivity (Wildman–Crippen MR) is 81.6 cm³/mol. The van der Waals surface area contributed by atoms with E-state index in [0.29, 0.717) is 22.2 Å². The van der Waals surface area contributed by atoms with Gasteiger partial charge in [-0.3, -0.25) is 4.79 Å². The summed E-state index contributed by atoms with van der Waals surface area (Å²) < 4.78 is 0. The second-order valence-corrected chi connectivity index (χ2v) is 4.89. The first kappa shape index (κ1) is 16.3. The van der Waals surface area contributed by atoms with Gasteiger partial charge >= 0.3 is 0 Å². The van der Waals surface area contributed by atoms with Gasteiger partial charge in [-0.1, -0.05) is 40.9 Å². The normalized spacial score (nSPS) is 14.3. The van der Waals surface area contributed by atoms with Crippen LogP contribution in [0.2, 0.25) is 10.0 Å². The smallest absolute Gasteiger partial charge is 0.253 e. The molecule has 1 aromatic carbocycles. The summed E-state index contributed by atoms with van der Waals surface area (Å²) in [6.45, 7) is 2.38. The number of hydrogen-bond donors (Lipinski definition) is 2. The van der Waals surface area contributed by atoms with Gasteiger partial charge in [-0.15, -0.1) is 12.4 Å². The maximum atomic E-state index is 12.0. The molecule has 0 saturated carbocycles. The Bertz CT molecular complexity index is 489. The van der Waals surface area contributed by atoms with E-state index >= 15 is 0 Å². The molecule has 3 nitrogen and oxygen atoms in total. The summed E-state index contributed by atoms with van der Waals surface area (Å²) >= 11 is 11.9. The fourth-order valence-electron chi connectivity index (χ4n) is 1.80. The maximum Gasteiger partial charge on any atom is 0.253 e. The highest BCUT2D eigenvalue weighted by Gasteiger charge is 2.12. The fraction of sp³-hybridized carbons (Fsp3) is 0.308. The Morgan fingerprint density at radius 1 is 1.37 bits per heavy atom. The highest BCUT2D eigenvalue weighted by atomic mass is 35.5. The van der Waals surface area contributed by atoms with Crippen LogP contribution in [0.4, 0.5) is 0 Å². The molecule has 2 rings (SSSR count). The van der Waals surface area contributed by atoms with Crippen molar-refractivity contribution in [2.45, 2.75) is 6.42 Å². The van der Waals surface area contributed by atoms with E-state index in [1.165, 1.54) is 5.57 Å². The predicted octanol–water partition coefficient (Wildman–Crippen LogP) is 3.06. The lowest BCUT2D eigenvalue weighted by Crippen LogP contribution is -2.29. The third-order valence-electron chi connectivity index (χ3n) is 2.83. The lowest BCUT2D eigenvalue weighted by atomic mass is 10.1. The molecule has 0 bridgehead atoms. The topological polar surface area (TPSA) is 41.1 Å². The second-order valence-electron chi connectivity index (χ2n) is 4.10. The quantitative estimate of drug-likeness (QED) is 0.840. The Hall–Kier alpha value is -0.740. The fourth-order valence-corrected chi connectivity index (χ4v) is 2.18. The summed E-state index contributed by atoms with van der Waals surface area (Å²) in [5.74, 6) is -0.193.